The van der Waals surface area contributed by atoms with Gasteiger partial charge in [-0.15, -0.1) is 0 Å². The molecule has 0 fully saturated rings. The van der Waals surface area contributed by atoms with Gasteiger partial charge in [0.05, 0.1) is 19.6 Å². The molecule has 1 aromatic carbocycles. The summed E-state index contributed by atoms with van der Waals surface area (Å²) in [6, 6.07) is 6.60. The molecule has 2 aromatic rings. The molecule has 3 rings (SSSR count). The van der Waals surface area contributed by atoms with Crippen LogP contribution in [0.5, 0.6) is 0 Å². The lowest BCUT2D eigenvalue weighted by atomic mass is 9.92. The van der Waals surface area contributed by atoms with Gasteiger partial charge in [0.25, 0.3) is 0 Å². The summed E-state index contributed by atoms with van der Waals surface area (Å²) < 4.78 is 16.1. The number of amides is 1. The summed E-state index contributed by atoms with van der Waals surface area (Å²) in [6.07, 6.45) is 2.07. The fraction of sp³-hybridized carbons (Fsp3) is 0.400. The van der Waals surface area contributed by atoms with Crippen LogP contribution in [0, 0.1) is 12.7 Å². The van der Waals surface area contributed by atoms with Crippen molar-refractivity contribution in [1.82, 2.24) is 9.88 Å². The van der Waals surface area contributed by atoms with Crippen molar-refractivity contribution < 1.29 is 19.1 Å². The summed E-state index contributed by atoms with van der Waals surface area (Å²) in [7, 11) is 0. The lowest BCUT2D eigenvalue weighted by Crippen LogP contribution is -2.28. The van der Waals surface area contributed by atoms with Crippen molar-refractivity contribution in [1.29, 1.82) is 0 Å². The third-order valence-electron chi connectivity index (χ3n) is 4.91. The molecule has 0 saturated heterocycles. The zero-order chi connectivity index (χ0) is 18.7. The molecule has 5 nitrogen and oxygen atoms in total. The molecule has 0 atom stereocenters. The summed E-state index contributed by atoms with van der Waals surface area (Å²) in [5.74, 6) is -0.461. The number of fused-ring (bicyclic) bond motifs is 1. The highest BCUT2D eigenvalue weighted by atomic mass is 19.1. The molecule has 0 aliphatic heterocycles. The fourth-order valence-electron chi connectivity index (χ4n) is 3.63. The highest BCUT2D eigenvalue weighted by molar-refractivity contribution is 6.01. The zero-order valence-corrected chi connectivity index (χ0v) is 14.8. The van der Waals surface area contributed by atoms with Crippen LogP contribution in [0.15, 0.2) is 24.3 Å². The van der Waals surface area contributed by atoms with E-state index in [0.717, 1.165) is 29.8 Å². The molecular weight excluding hydrogens is 335 g/mol. The van der Waals surface area contributed by atoms with Crippen molar-refractivity contribution in [3.63, 3.8) is 0 Å². The average Bonchev–Trinajstić information content (AvgIpc) is 2.88. The zero-order valence-electron chi connectivity index (χ0n) is 14.8. The van der Waals surface area contributed by atoms with Gasteiger partial charge >= 0.3 is 0 Å². The first-order valence-electron chi connectivity index (χ1n) is 8.88. The number of aliphatic hydroxyl groups excluding tert-OH is 1. The number of nitrogens with one attached hydrogen (secondary N) is 1. The molecule has 1 heterocycles. The molecule has 1 amide bonds. The monoisotopic (exact) mass is 358 g/mol. The van der Waals surface area contributed by atoms with Crippen LogP contribution in [0.25, 0.3) is 0 Å². The Kier molecular flexibility index (Phi) is 5.52. The van der Waals surface area contributed by atoms with E-state index in [0.29, 0.717) is 24.1 Å². The number of hydrogen-bond acceptors (Lipinski definition) is 3. The maximum Gasteiger partial charge on any atom is 0.224 e. The number of benzene rings is 1. The van der Waals surface area contributed by atoms with Crippen LogP contribution < -0.4 is 5.32 Å². The van der Waals surface area contributed by atoms with Crippen LogP contribution in [-0.2, 0) is 24.2 Å². The number of aromatic nitrogens is 1. The maximum absolute atomic E-state index is 14.1. The predicted octanol–water partition coefficient (Wildman–Crippen LogP) is 2.15. The van der Waals surface area contributed by atoms with Gasteiger partial charge in [0.2, 0.25) is 5.91 Å². The van der Waals surface area contributed by atoms with Crippen molar-refractivity contribution in [3.05, 3.63) is 58.2 Å². The Labute approximate surface area is 151 Å². The Morgan fingerprint density at radius 2 is 2.08 bits per heavy atom. The third-order valence-corrected chi connectivity index (χ3v) is 4.91. The van der Waals surface area contributed by atoms with Gasteiger partial charge in [-0.25, -0.2) is 4.39 Å². The average molecular weight is 358 g/mol. The van der Waals surface area contributed by atoms with Crippen LogP contribution in [0.1, 0.15) is 45.7 Å². The second-order valence-electron chi connectivity index (χ2n) is 6.59. The van der Waals surface area contributed by atoms with E-state index in [1.165, 1.54) is 6.07 Å². The molecule has 138 valence electrons. The van der Waals surface area contributed by atoms with Crippen molar-refractivity contribution in [2.45, 2.75) is 39.2 Å². The van der Waals surface area contributed by atoms with E-state index >= 15 is 0 Å². The van der Waals surface area contributed by atoms with Gasteiger partial charge in [0, 0.05) is 35.5 Å². The summed E-state index contributed by atoms with van der Waals surface area (Å²) >= 11 is 0. The quantitative estimate of drug-likeness (QED) is 0.831. The predicted molar refractivity (Wildman–Crippen MR) is 95.7 cm³/mol. The Balaban J connectivity index is 2.00. The van der Waals surface area contributed by atoms with Crippen molar-refractivity contribution in [2.24, 2.45) is 0 Å². The number of ketones is 1. The molecule has 26 heavy (non-hydrogen) atoms. The van der Waals surface area contributed by atoms with Gasteiger partial charge in [0.1, 0.15) is 5.82 Å². The van der Waals surface area contributed by atoms with E-state index in [2.05, 4.69) is 5.32 Å². The maximum atomic E-state index is 14.1. The van der Waals surface area contributed by atoms with Crippen LogP contribution >= 0.6 is 0 Å². The van der Waals surface area contributed by atoms with Crippen LogP contribution in [0.2, 0.25) is 0 Å². The molecule has 1 aromatic heterocycles. The molecule has 6 heteroatoms. The summed E-state index contributed by atoms with van der Waals surface area (Å²) in [6.45, 7) is 2.27. The van der Waals surface area contributed by atoms with Gasteiger partial charge < -0.3 is 15.0 Å². The number of rotatable bonds is 6. The topological polar surface area (TPSA) is 71.3 Å². The van der Waals surface area contributed by atoms with Crippen LogP contribution in [-0.4, -0.2) is 34.5 Å². The smallest absolute Gasteiger partial charge is 0.224 e. The Morgan fingerprint density at radius 1 is 1.31 bits per heavy atom. The van der Waals surface area contributed by atoms with E-state index in [9.17, 15) is 14.0 Å². The Bertz CT molecular complexity index is 842. The number of aliphatic hydroxyl groups is 1. The molecule has 1 aliphatic carbocycles. The fourth-order valence-corrected chi connectivity index (χ4v) is 3.63. The van der Waals surface area contributed by atoms with Gasteiger partial charge in [-0.1, -0.05) is 18.2 Å². The van der Waals surface area contributed by atoms with Crippen molar-refractivity contribution >= 4 is 11.7 Å². The van der Waals surface area contributed by atoms with E-state index in [1.54, 1.807) is 18.2 Å². The van der Waals surface area contributed by atoms with Crippen LogP contribution in [0.4, 0.5) is 4.39 Å². The van der Waals surface area contributed by atoms with Crippen molar-refractivity contribution in [2.75, 3.05) is 13.2 Å². The molecular formula is C20H23FN2O3. The molecule has 1 aliphatic rings. The van der Waals surface area contributed by atoms with E-state index in [4.69, 9.17) is 5.11 Å². The number of carbonyl (C=O) groups excluding carboxylic acids is 2. The first-order chi connectivity index (χ1) is 12.5. The molecule has 2 N–H and O–H groups in total. The highest BCUT2D eigenvalue weighted by Gasteiger charge is 2.29. The Hall–Kier alpha value is -2.47. The second-order valence-corrected chi connectivity index (χ2v) is 6.59. The molecule has 0 unspecified atom stereocenters. The molecule has 0 saturated carbocycles. The number of hydrogen-bond donors (Lipinski definition) is 2. The first kappa shape index (κ1) is 18.3. The first-order valence-corrected chi connectivity index (χ1v) is 8.88. The lowest BCUT2D eigenvalue weighted by Gasteiger charge is -2.16. The number of Topliss-reactive ketones (excluding diaryl/α,β-unsaturated/α-hetero) is 1. The van der Waals surface area contributed by atoms with Gasteiger partial charge in [-0.05, 0) is 31.4 Å². The number of halogens is 1. The minimum Gasteiger partial charge on any atom is -0.395 e. The van der Waals surface area contributed by atoms with Crippen molar-refractivity contribution in [3.8, 4) is 0 Å². The van der Waals surface area contributed by atoms with Gasteiger partial charge in [-0.2, -0.15) is 0 Å². The lowest BCUT2D eigenvalue weighted by molar-refractivity contribution is -0.120. The standard InChI is InChI=1S/C20H23FN2O3/c1-13-15(11-19(26)22-9-10-24)20-17(7-4-8-18(20)25)23(13)12-14-5-2-3-6-16(14)21/h2-3,5-6,24H,4,7-12H2,1H3,(H,22,26). The summed E-state index contributed by atoms with van der Waals surface area (Å²) in [5.41, 5.74) is 3.63. The Morgan fingerprint density at radius 3 is 2.81 bits per heavy atom. The minimum atomic E-state index is -0.279. The third kappa shape index (κ3) is 3.55. The molecule has 0 spiro atoms. The van der Waals surface area contributed by atoms with Gasteiger partial charge in [0.15, 0.2) is 5.78 Å². The molecule has 0 bridgehead atoms. The highest BCUT2D eigenvalue weighted by Crippen LogP contribution is 2.31. The van der Waals surface area contributed by atoms with Gasteiger partial charge in [-0.3, -0.25) is 9.59 Å². The normalized spacial score (nSPS) is 13.6. The summed E-state index contributed by atoms with van der Waals surface area (Å²) in [5, 5.41) is 11.5. The SMILES string of the molecule is Cc1c(CC(=O)NCCO)c2c(n1Cc1ccccc1F)CCCC2=O. The summed E-state index contributed by atoms with van der Waals surface area (Å²) in [4.78, 5) is 24.7. The van der Waals surface area contributed by atoms with Crippen LogP contribution in [0.3, 0.4) is 0 Å². The van der Waals surface area contributed by atoms with E-state index < -0.39 is 0 Å². The van der Waals surface area contributed by atoms with E-state index in [1.807, 2.05) is 11.5 Å². The number of carbonyl (C=O) groups is 2. The second kappa shape index (κ2) is 7.83. The number of nitrogens with zero attached hydrogens (tertiary/aromatic N) is 1. The molecule has 0 radical (unpaired) electrons. The minimum absolute atomic E-state index is 0.0478. The largest absolute Gasteiger partial charge is 0.395 e. The van der Waals surface area contributed by atoms with E-state index in [-0.39, 0.29) is 37.1 Å².